The van der Waals surface area contributed by atoms with Gasteiger partial charge in [-0.05, 0) is 29.0 Å². The molecule has 2 heteroatoms. The maximum atomic E-state index is 10.2. The number of benzene rings is 1. The molecule has 78 valence electrons. The smallest absolute Gasteiger partial charge is 0.193 e. The highest BCUT2D eigenvalue weighted by Crippen LogP contribution is 2.25. The van der Waals surface area contributed by atoms with Crippen LogP contribution in [0, 0.1) is 11.8 Å². The quantitative estimate of drug-likeness (QED) is 0.397. The molecule has 0 heterocycles. The summed E-state index contributed by atoms with van der Waals surface area (Å²) >= 11 is 0. The number of hydrogen-bond donors (Lipinski definition) is 1. The lowest BCUT2D eigenvalue weighted by atomic mass is 9.86. The minimum Gasteiger partial charge on any atom is -0.398 e. The fourth-order valence-electron chi connectivity index (χ4n) is 1.24. The molecule has 0 aliphatic carbocycles. The minimum absolute atomic E-state index is 0.0608. The summed E-state index contributed by atoms with van der Waals surface area (Å²) in [5.41, 5.74) is 8.30. The zero-order valence-electron chi connectivity index (χ0n) is 9.29. The molecule has 15 heavy (non-hydrogen) atoms. The van der Waals surface area contributed by atoms with Crippen molar-refractivity contribution < 1.29 is 4.79 Å². The Kier molecular flexibility index (Phi) is 3.16. The van der Waals surface area contributed by atoms with E-state index in [1.165, 1.54) is 0 Å². The zero-order chi connectivity index (χ0) is 11.5. The standard InChI is InChI=1S/C13H15NO/c1-13(2,3)11-6-7-12(14)10(9-11)5-4-8-15/h6-9H,14H2,1-3H3. The van der Waals surface area contributed by atoms with Crippen LogP contribution in [0.1, 0.15) is 31.9 Å². The van der Waals surface area contributed by atoms with Crippen molar-refractivity contribution >= 4 is 12.0 Å². The van der Waals surface area contributed by atoms with Crippen molar-refractivity contribution in [2.24, 2.45) is 0 Å². The van der Waals surface area contributed by atoms with E-state index < -0.39 is 0 Å². The molecule has 0 atom stereocenters. The zero-order valence-corrected chi connectivity index (χ0v) is 9.29. The second kappa shape index (κ2) is 4.18. The SMILES string of the molecule is CC(C)(C)c1ccc(N)c(C#CC=O)c1. The maximum Gasteiger partial charge on any atom is 0.193 e. The van der Waals surface area contributed by atoms with Crippen LogP contribution in [0.4, 0.5) is 5.69 Å². The van der Waals surface area contributed by atoms with Crippen molar-refractivity contribution in [3.8, 4) is 11.8 Å². The molecule has 2 nitrogen and oxygen atoms in total. The molecule has 0 aromatic heterocycles. The Morgan fingerprint density at radius 1 is 1.33 bits per heavy atom. The van der Waals surface area contributed by atoms with E-state index in [1.54, 1.807) is 0 Å². The van der Waals surface area contributed by atoms with Gasteiger partial charge in [-0.15, -0.1) is 0 Å². The predicted molar refractivity (Wildman–Crippen MR) is 62.5 cm³/mol. The summed E-state index contributed by atoms with van der Waals surface area (Å²) in [7, 11) is 0. The lowest BCUT2D eigenvalue weighted by Crippen LogP contribution is -2.11. The van der Waals surface area contributed by atoms with Crippen LogP contribution in [-0.4, -0.2) is 6.29 Å². The van der Waals surface area contributed by atoms with Gasteiger partial charge in [-0.2, -0.15) is 0 Å². The molecule has 0 unspecified atom stereocenters. The first-order valence-electron chi connectivity index (χ1n) is 4.80. The van der Waals surface area contributed by atoms with Crippen LogP contribution in [0.5, 0.6) is 0 Å². The summed E-state index contributed by atoms with van der Waals surface area (Å²) < 4.78 is 0. The van der Waals surface area contributed by atoms with Crippen molar-refractivity contribution in [2.75, 3.05) is 5.73 Å². The Labute approximate surface area is 90.5 Å². The normalized spacial score (nSPS) is 10.3. The van der Waals surface area contributed by atoms with Gasteiger partial charge in [0, 0.05) is 11.3 Å². The van der Waals surface area contributed by atoms with Crippen molar-refractivity contribution in [3.05, 3.63) is 29.3 Å². The molecule has 0 fully saturated rings. The molecule has 0 aliphatic heterocycles. The van der Waals surface area contributed by atoms with Gasteiger partial charge in [-0.3, -0.25) is 4.79 Å². The van der Waals surface area contributed by atoms with Crippen LogP contribution in [0.15, 0.2) is 18.2 Å². The van der Waals surface area contributed by atoms with Gasteiger partial charge < -0.3 is 5.73 Å². The topological polar surface area (TPSA) is 43.1 Å². The molecule has 0 spiro atoms. The summed E-state index contributed by atoms with van der Waals surface area (Å²) in [6.07, 6.45) is 0.573. The first-order valence-corrected chi connectivity index (χ1v) is 4.80. The van der Waals surface area contributed by atoms with Gasteiger partial charge in [0.15, 0.2) is 6.29 Å². The van der Waals surface area contributed by atoms with Crippen molar-refractivity contribution in [1.82, 2.24) is 0 Å². The van der Waals surface area contributed by atoms with E-state index in [4.69, 9.17) is 5.73 Å². The molecule has 1 aromatic carbocycles. The molecule has 0 saturated carbocycles. The Bertz CT molecular complexity index is 430. The first kappa shape index (κ1) is 11.3. The molecule has 1 aromatic rings. The van der Waals surface area contributed by atoms with Crippen LogP contribution in [0.2, 0.25) is 0 Å². The highest BCUT2D eigenvalue weighted by Gasteiger charge is 2.14. The fraction of sp³-hybridized carbons (Fsp3) is 0.308. The molecule has 0 radical (unpaired) electrons. The Morgan fingerprint density at radius 2 is 2.00 bits per heavy atom. The number of carbonyl (C=O) groups is 1. The van der Waals surface area contributed by atoms with Gasteiger partial charge in [0.25, 0.3) is 0 Å². The van der Waals surface area contributed by atoms with Crippen LogP contribution in [-0.2, 0) is 10.2 Å². The number of nitrogens with two attached hydrogens (primary N) is 1. The Hall–Kier alpha value is -1.75. The largest absolute Gasteiger partial charge is 0.398 e. The number of aldehydes is 1. The molecule has 1 rings (SSSR count). The molecule has 0 amide bonds. The third kappa shape index (κ3) is 2.85. The van der Waals surface area contributed by atoms with Gasteiger partial charge >= 0.3 is 0 Å². The maximum absolute atomic E-state index is 10.2. The van der Waals surface area contributed by atoms with E-state index >= 15 is 0 Å². The molecule has 0 bridgehead atoms. The third-order valence-corrected chi connectivity index (χ3v) is 2.19. The van der Waals surface area contributed by atoms with Gasteiger partial charge in [-0.1, -0.05) is 32.8 Å². The number of nitrogen functional groups attached to an aromatic ring is 1. The number of anilines is 1. The second-order valence-corrected chi connectivity index (χ2v) is 4.44. The summed E-state index contributed by atoms with van der Waals surface area (Å²) in [6, 6.07) is 5.75. The number of rotatable bonds is 0. The van der Waals surface area contributed by atoms with Crippen molar-refractivity contribution in [3.63, 3.8) is 0 Å². The lowest BCUT2D eigenvalue weighted by molar-refractivity contribution is -0.103. The van der Waals surface area contributed by atoms with Gasteiger partial charge in [0.05, 0.1) is 0 Å². The van der Waals surface area contributed by atoms with Gasteiger partial charge in [0.1, 0.15) is 0 Å². The van der Waals surface area contributed by atoms with E-state index in [2.05, 4.69) is 32.6 Å². The summed E-state index contributed by atoms with van der Waals surface area (Å²) in [5, 5.41) is 0. The lowest BCUT2D eigenvalue weighted by Gasteiger charge is -2.19. The Balaban J connectivity index is 3.22. The molecular weight excluding hydrogens is 186 g/mol. The minimum atomic E-state index is 0.0608. The van der Waals surface area contributed by atoms with Crippen molar-refractivity contribution in [1.29, 1.82) is 0 Å². The van der Waals surface area contributed by atoms with E-state index in [-0.39, 0.29) is 5.41 Å². The van der Waals surface area contributed by atoms with E-state index in [1.807, 2.05) is 18.2 Å². The van der Waals surface area contributed by atoms with Gasteiger partial charge in [-0.25, -0.2) is 0 Å². The Morgan fingerprint density at radius 3 is 2.53 bits per heavy atom. The van der Waals surface area contributed by atoms with E-state index in [0.717, 1.165) is 11.1 Å². The summed E-state index contributed by atoms with van der Waals surface area (Å²) in [6.45, 7) is 6.36. The van der Waals surface area contributed by atoms with Crippen LogP contribution in [0.3, 0.4) is 0 Å². The van der Waals surface area contributed by atoms with Crippen LogP contribution < -0.4 is 5.73 Å². The average molecular weight is 201 g/mol. The average Bonchev–Trinajstić information content (AvgIpc) is 2.15. The number of hydrogen-bond acceptors (Lipinski definition) is 2. The highest BCUT2D eigenvalue weighted by molar-refractivity contribution is 5.75. The van der Waals surface area contributed by atoms with E-state index in [0.29, 0.717) is 12.0 Å². The first-order chi connectivity index (χ1) is 6.95. The van der Waals surface area contributed by atoms with Crippen LogP contribution in [0.25, 0.3) is 0 Å². The van der Waals surface area contributed by atoms with E-state index in [9.17, 15) is 4.79 Å². The molecule has 2 N–H and O–H groups in total. The summed E-state index contributed by atoms with van der Waals surface area (Å²) in [4.78, 5) is 10.2. The second-order valence-electron chi connectivity index (χ2n) is 4.44. The molecule has 0 saturated heterocycles. The highest BCUT2D eigenvalue weighted by atomic mass is 16.1. The fourth-order valence-corrected chi connectivity index (χ4v) is 1.24. The summed E-state index contributed by atoms with van der Waals surface area (Å²) in [5.74, 6) is 5.11. The monoisotopic (exact) mass is 201 g/mol. The molecule has 0 aliphatic rings. The van der Waals surface area contributed by atoms with Crippen LogP contribution >= 0.6 is 0 Å². The third-order valence-electron chi connectivity index (χ3n) is 2.19. The predicted octanol–water partition coefficient (Wildman–Crippen LogP) is 2.12. The van der Waals surface area contributed by atoms with Gasteiger partial charge in [0.2, 0.25) is 0 Å². The molecular formula is C13H15NO. The van der Waals surface area contributed by atoms with Crippen molar-refractivity contribution in [2.45, 2.75) is 26.2 Å². The number of carbonyl (C=O) groups excluding carboxylic acids is 1.